The predicted molar refractivity (Wildman–Crippen MR) is 105 cm³/mol. The highest BCUT2D eigenvalue weighted by molar-refractivity contribution is 7.57. The van der Waals surface area contributed by atoms with E-state index in [1.807, 2.05) is 88.4 Å². The molecule has 2 aromatic carbocycles. The van der Waals surface area contributed by atoms with Gasteiger partial charge in [0.15, 0.2) is 0 Å². The summed E-state index contributed by atoms with van der Waals surface area (Å²) >= 11 is 0. The van der Waals surface area contributed by atoms with Crippen LogP contribution in [0.15, 0.2) is 65.4 Å². The Bertz CT molecular complexity index is 554. The maximum atomic E-state index is 6.17. The summed E-state index contributed by atoms with van der Waals surface area (Å²) in [4.78, 5) is 0. The minimum Gasteiger partial charge on any atom is -0.430 e. The van der Waals surface area contributed by atoms with Gasteiger partial charge in [-0.1, -0.05) is 64.1 Å². The van der Waals surface area contributed by atoms with E-state index in [0.29, 0.717) is 0 Å². The molecule has 0 fully saturated rings. The summed E-state index contributed by atoms with van der Waals surface area (Å²) in [7, 11) is -2.21. The lowest BCUT2D eigenvalue weighted by Gasteiger charge is -2.28. The Morgan fingerprint density at radius 1 is 0.708 bits per heavy atom. The number of benzene rings is 2. The highest BCUT2D eigenvalue weighted by Gasteiger charge is 2.27. The first-order valence-corrected chi connectivity index (χ1v) is 10.7. The van der Waals surface area contributed by atoms with E-state index >= 15 is 0 Å². The molecule has 0 unspecified atom stereocenters. The van der Waals surface area contributed by atoms with E-state index in [0.717, 1.165) is 37.0 Å². The van der Waals surface area contributed by atoms with Gasteiger partial charge in [0.2, 0.25) is 0 Å². The monoisotopic (exact) mass is 347 g/mol. The van der Waals surface area contributed by atoms with Crippen molar-refractivity contribution in [2.45, 2.75) is 40.5 Å². The molecule has 0 saturated heterocycles. The smallest absolute Gasteiger partial charge is 0.314 e. The fourth-order valence-electron chi connectivity index (χ4n) is 2.18. The quantitative estimate of drug-likeness (QED) is 0.556. The van der Waals surface area contributed by atoms with E-state index in [1.165, 1.54) is 0 Å². The Labute approximate surface area is 147 Å². The van der Waals surface area contributed by atoms with Crippen LogP contribution in [0.3, 0.4) is 0 Å². The maximum Gasteiger partial charge on any atom is 0.314 e. The van der Waals surface area contributed by atoms with E-state index in [9.17, 15) is 0 Å². The Balaban J connectivity index is 0.000000671. The summed E-state index contributed by atoms with van der Waals surface area (Å²) in [5, 5.41) is 0. The Morgan fingerprint density at radius 3 is 1.54 bits per heavy atom. The van der Waals surface area contributed by atoms with E-state index in [1.54, 1.807) is 0 Å². The summed E-state index contributed by atoms with van der Waals surface area (Å²) in [6.07, 6.45) is 3.12. The van der Waals surface area contributed by atoms with Gasteiger partial charge < -0.3 is 9.05 Å². The summed E-state index contributed by atoms with van der Waals surface area (Å²) in [5.41, 5.74) is 0. The largest absolute Gasteiger partial charge is 0.430 e. The molecule has 0 aliphatic carbocycles. The van der Waals surface area contributed by atoms with Crippen LogP contribution in [0.5, 0.6) is 11.5 Å². The third-order valence-corrected chi connectivity index (χ3v) is 5.65. The average molecular weight is 347 g/mol. The Morgan fingerprint density at radius 2 is 1.17 bits per heavy atom. The summed E-state index contributed by atoms with van der Waals surface area (Å²) < 4.78 is 17.1. The molecule has 1 aliphatic rings. The third kappa shape index (κ3) is 6.41. The first-order chi connectivity index (χ1) is 11.9. The number of hydrogen-bond donors (Lipinski definition) is 0. The van der Waals surface area contributed by atoms with Gasteiger partial charge in [0.1, 0.15) is 11.5 Å². The highest BCUT2D eigenvalue weighted by Crippen LogP contribution is 2.54. The predicted octanol–water partition coefficient (Wildman–Crippen LogP) is 7.02. The van der Waals surface area contributed by atoms with E-state index < -0.39 is 7.51 Å². The van der Waals surface area contributed by atoms with Gasteiger partial charge >= 0.3 is 7.51 Å². The van der Waals surface area contributed by atoms with E-state index in [-0.39, 0.29) is 0 Å². The fraction of sp³-hybridized carbons (Fsp3) is 0.400. The van der Waals surface area contributed by atoms with Crippen molar-refractivity contribution in [1.82, 2.24) is 0 Å². The van der Waals surface area contributed by atoms with Crippen LogP contribution in [-0.4, -0.2) is 12.7 Å². The topological polar surface area (TPSA) is 30.8 Å². The molecule has 0 spiro atoms. The minimum absolute atomic E-state index is 0.827. The van der Waals surface area contributed by atoms with E-state index in [4.69, 9.17) is 13.8 Å². The van der Waals surface area contributed by atoms with Crippen LogP contribution in [0.4, 0.5) is 0 Å². The molecule has 24 heavy (non-hydrogen) atoms. The van der Waals surface area contributed by atoms with Gasteiger partial charge in [-0.25, -0.2) is 4.74 Å². The van der Waals surface area contributed by atoms with Crippen molar-refractivity contribution in [2.24, 2.45) is 4.74 Å². The van der Waals surface area contributed by atoms with Gasteiger partial charge in [-0.2, -0.15) is 0 Å². The second kappa shape index (κ2) is 11.8. The lowest BCUT2D eigenvalue weighted by atomic mass is 10.3. The number of hydrogen-bond acceptors (Lipinski definition) is 3. The maximum absolute atomic E-state index is 6.17. The van der Waals surface area contributed by atoms with Gasteiger partial charge in [-0.3, -0.25) is 0 Å². The average Bonchev–Trinajstić information content (AvgIpc) is 2.67. The van der Waals surface area contributed by atoms with Crippen LogP contribution in [0.1, 0.15) is 40.5 Å². The molecule has 3 nitrogen and oxygen atoms in total. The molecule has 0 radical (unpaired) electrons. The van der Waals surface area contributed by atoms with E-state index in [2.05, 4.69) is 0 Å². The lowest BCUT2D eigenvalue weighted by molar-refractivity contribution is 0.461. The molecule has 0 N–H and O–H groups in total. The van der Waals surface area contributed by atoms with Gasteiger partial charge in [-0.05, 0) is 37.1 Å². The summed E-state index contributed by atoms with van der Waals surface area (Å²) in [5.74, 6) is 1.67. The van der Waals surface area contributed by atoms with Gasteiger partial charge in [0, 0.05) is 6.54 Å². The van der Waals surface area contributed by atoms with Gasteiger partial charge in [0.05, 0.1) is 6.16 Å². The van der Waals surface area contributed by atoms with Gasteiger partial charge in [-0.15, -0.1) is 0 Å². The molecular formula is C20H30NO2P. The molecular weight excluding hydrogens is 317 g/mol. The molecule has 0 bridgehead atoms. The second-order valence-corrected chi connectivity index (χ2v) is 7.11. The summed E-state index contributed by atoms with van der Waals surface area (Å²) in [6, 6.07) is 19.7. The summed E-state index contributed by atoms with van der Waals surface area (Å²) in [6.45, 7) is 8.83. The van der Waals surface area contributed by atoms with Crippen molar-refractivity contribution in [1.29, 1.82) is 0 Å². The zero-order valence-corrected chi connectivity index (χ0v) is 16.2. The first kappa shape index (κ1) is 20.3. The first-order valence-electron chi connectivity index (χ1n) is 8.93. The van der Waals surface area contributed by atoms with Crippen molar-refractivity contribution < 1.29 is 9.05 Å². The zero-order chi connectivity index (χ0) is 17.7. The Hall–Kier alpha value is -1.73. The van der Waals surface area contributed by atoms with Crippen molar-refractivity contribution in [2.75, 3.05) is 12.7 Å². The van der Waals surface area contributed by atoms with Crippen LogP contribution >= 0.6 is 7.51 Å². The van der Waals surface area contributed by atoms with Gasteiger partial charge in [0.25, 0.3) is 0 Å². The molecule has 2 aromatic rings. The highest BCUT2D eigenvalue weighted by atomic mass is 31.2. The molecule has 0 amide bonds. The fourth-order valence-corrected chi connectivity index (χ4v) is 4.63. The molecule has 0 atom stereocenters. The second-order valence-electron chi connectivity index (χ2n) is 4.74. The standard InChI is InChI=1S/C16H18NO2P.2C2H6/c1-3-9-15(10-4-1)18-20(14-8-7-13-17-20)19-16-11-5-2-6-12-16;2*1-2/h1-6,9-12H,7-8,13-14H2;2*1-2H3. The normalized spacial score (nSPS) is 14.7. The Kier molecular flexibility index (Phi) is 9.95. The zero-order valence-electron chi connectivity index (χ0n) is 15.3. The third-order valence-electron chi connectivity index (χ3n) is 3.15. The van der Waals surface area contributed by atoms with Crippen LogP contribution in [0.25, 0.3) is 0 Å². The molecule has 3 rings (SSSR count). The molecule has 0 saturated carbocycles. The molecule has 4 heteroatoms. The minimum atomic E-state index is -2.21. The number of para-hydroxylation sites is 2. The molecule has 0 aromatic heterocycles. The van der Waals surface area contributed by atoms with Crippen molar-refractivity contribution in [3.63, 3.8) is 0 Å². The molecule has 1 heterocycles. The lowest BCUT2D eigenvalue weighted by Crippen LogP contribution is -2.10. The van der Waals surface area contributed by atoms with Crippen molar-refractivity contribution in [3.05, 3.63) is 60.7 Å². The van der Waals surface area contributed by atoms with Crippen LogP contribution in [-0.2, 0) is 0 Å². The number of rotatable bonds is 4. The van der Waals surface area contributed by atoms with Crippen molar-refractivity contribution in [3.8, 4) is 11.5 Å². The number of nitrogens with zero attached hydrogens (tertiary/aromatic N) is 1. The SMILES string of the molecule is CC.CC.c1ccc(OP2(Oc3ccccc3)=NCCCC2)cc1. The van der Waals surface area contributed by atoms with Crippen LogP contribution < -0.4 is 9.05 Å². The molecule has 1 aliphatic heterocycles. The van der Waals surface area contributed by atoms with Crippen molar-refractivity contribution >= 4 is 7.51 Å². The van der Waals surface area contributed by atoms with Crippen LogP contribution in [0, 0.1) is 0 Å². The molecule has 132 valence electrons. The van der Waals surface area contributed by atoms with Crippen LogP contribution in [0.2, 0.25) is 0 Å².